The monoisotopic (exact) mass is 375 g/mol. The van der Waals surface area contributed by atoms with Crippen LogP contribution in [0.25, 0.3) is 20.8 Å². The number of H-pyrrole nitrogens is 1. The number of ether oxygens (including phenoxy) is 1. The standard InChI is InChI=1S/C17H21N5O3S/c1-9(19-16(24)25-17(2,3)4)14-20-10-6-12(11-7-22(5)8-18-11)26-13(10)15(23)21-14/h6-9H,1-5H3,(H,19,24)(H,20,21,23)/t9-/m0/s1. The molecule has 0 aromatic carbocycles. The molecule has 0 bridgehead atoms. The molecule has 26 heavy (non-hydrogen) atoms. The molecule has 2 N–H and O–H groups in total. The Bertz CT molecular complexity index is 1010. The third-order valence-corrected chi connectivity index (χ3v) is 4.65. The number of carbonyl (C=O) groups is 1. The molecule has 0 saturated carbocycles. The second-order valence-corrected chi connectivity index (χ2v) is 8.12. The Labute approximate surface area is 154 Å². The molecule has 9 heteroatoms. The van der Waals surface area contributed by atoms with Crippen molar-refractivity contribution in [2.75, 3.05) is 0 Å². The minimum absolute atomic E-state index is 0.241. The predicted molar refractivity (Wildman–Crippen MR) is 100 cm³/mol. The topological polar surface area (TPSA) is 102 Å². The van der Waals surface area contributed by atoms with Crippen molar-refractivity contribution < 1.29 is 9.53 Å². The highest BCUT2D eigenvalue weighted by Crippen LogP contribution is 2.29. The smallest absolute Gasteiger partial charge is 0.408 e. The van der Waals surface area contributed by atoms with Crippen LogP contribution in [0.1, 0.15) is 39.6 Å². The van der Waals surface area contributed by atoms with E-state index in [4.69, 9.17) is 4.74 Å². The highest BCUT2D eigenvalue weighted by Gasteiger charge is 2.20. The van der Waals surface area contributed by atoms with Gasteiger partial charge in [0.15, 0.2) is 0 Å². The van der Waals surface area contributed by atoms with E-state index >= 15 is 0 Å². The fourth-order valence-corrected chi connectivity index (χ4v) is 3.34. The molecule has 3 rings (SSSR count). The second kappa shape index (κ2) is 6.56. The maximum absolute atomic E-state index is 12.4. The third kappa shape index (κ3) is 3.93. The van der Waals surface area contributed by atoms with Crippen LogP contribution in [0, 0.1) is 0 Å². The fourth-order valence-electron chi connectivity index (χ4n) is 2.38. The Morgan fingerprint density at radius 1 is 1.42 bits per heavy atom. The highest BCUT2D eigenvalue weighted by atomic mass is 32.1. The largest absolute Gasteiger partial charge is 0.444 e. The van der Waals surface area contributed by atoms with Gasteiger partial charge in [-0.3, -0.25) is 4.79 Å². The number of aryl methyl sites for hydroxylation is 1. The van der Waals surface area contributed by atoms with E-state index in [9.17, 15) is 9.59 Å². The first-order valence-electron chi connectivity index (χ1n) is 8.14. The Morgan fingerprint density at radius 3 is 2.77 bits per heavy atom. The number of amides is 1. The van der Waals surface area contributed by atoms with Crippen LogP contribution >= 0.6 is 11.3 Å². The van der Waals surface area contributed by atoms with Crippen LogP contribution in [0.4, 0.5) is 4.79 Å². The van der Waals surface area contributed by atoms with Crippen LogP contribution in [0.3, 0.4) is 0 Å². The van der Waals surface area contributed by atoms with Crippen LogP contribution < -0.4 is 10.9 Å². The lowest BCUT2D eigenvalue weighted by molar-refractivity contribution is 0.0506. The number of aromatic nitrogens is 4. The maximum Gasteiger partial charge on any atom is 0.408 e. The molecule has 3 heterocycles. The summed E-state index contributed by atoms with van der Waals surface area (Å²) in [5.41, 5.74) is 0.526. The molecule has 0 aliphatic heterocycles. The van der Waals surface area contributed by atoms with Gasteiger partial charge < -0.3 is 19.6 Å². The van der Waals surface area contributed by atoms with Crippen LogP contribution in [0.2, 0.25) is 0 Å². The van der Waals surface area contributed by atoms with Gasteiger partial charge in [-0.15, -0.1) is 11.3 Å². The number of aromatic amines is 1. The molecular formula is C17H21N5O3S. The summed E-state index contributed by atoms with van der Waals surface area (Å²) < 4.78 is 7.60. The van der Waals surface area contributed by atoms with Crippen molar-refractivity contribution >= 4 is 27.6 Å². The summed E-state index contributed by atoms with van der Waals surface area (Å²) in [4.78, 5) is 36.7. The Morgan fingerprint density at radius 2 is 2.15 bits per heavy atom. The van der Waals surface area contributed by atoms with Crippen molar-refractivity contribution in [3.05, 3.63) is 34.8 Å². The predicted octanol–water partition coefficient (Wildman–Crippen LogP) is 2.97. The van der Waals surface area contributed by atoms with E-state index in [0.29, 0.717) is 16.0 Å². The summed E-state index contributed by atoms with van der Waals surface area (Å²) in [5.74, 6) is 0.374. The average Bonchev–Trinajstić information content (AvgIpc) is 3.11. The van der Waals surface area contributed by atoms with Gasteiger partial charge in [-0.25, -0.2) is 14.8 Å². The molecule has 0 radical (unpaired) electrons. The molecule has 0 unspecified atom stereocenters. The molecule has 3 aromatic rings. The first-order valence-corrected chi connectivity index (χ1v) is 8.95. The SMILES string of the molecule is C[C@H](NC(=O)OC(C)(C)C)c1nc2cc(-c3cn(C)cn3)sc2c(=O)[nH]1. The first-order chi connectivity index (χ1) is 12.1. The van der Waals surface area contributed by atoms with E-state index in [1.807, 2.05) is 23.9 Å². The minimum atomic E-state index is -0.598. The van der Waals surface area contributed by atoms with Crippen molar-refractivity contribution in [3.8, 4) is 10.6 Å². The first kappa shape index (κ1) is 18.1. The van der Waals surface area contributed by atoms with E-state index < -0.39 is 17.7 Å². The van der Waals surface area contributed by atoms with Crippen molar-refractivity contribution in [3.63, 3.8) is 0 Å². The number of alkyl carbamates (subject to hydrolysis) is 1. The number of thiophene rings is 1. The molecule has 1 atom stereocenters. The van der Waals surface area contributed by atoms with Gasteiger partial charge in [-0.05, 0) is 33.8 Å². The number of rotatable bonds is 3. The molecular weight excluding hydrogens is 354 g/mol. The molecule has 3 aromatic heterocycles. The van der Waals surface area contributed by atoms with E-state index in [1.54, 1.807) is 34.0 Å². The quantitative estimate of drug-likeness (QED) is 0.733. The number of hydrogen-bond donors (Lipinski definition) is 2. The zero-order valence-corrected chi connectivity index (χ0v) is 16.1. The normalized spacial score (nSPS) is 13.0. The number of nitrogens with one attached hydrogen (secondary N) is 2. The summed E-state index contributed by atoms with van der Waals surface area (Å²) >= 11 is 1.34. The summed E-state index contributed by atoms with van der Waals surface area (Å²) in [5, 5.41) is 2.68. The fraction of sp³-hybridized carbons (Fsp3) is 0.412. The maximum atomic E-state index is 12.4. The van der Waals surface area contributed by atoms with Crippen LogP contribution in [0.5, 0.6) is 0 Å². The number of nitrogens with zero attached hydrogens (tertiary/aromatic N) is 3. The van der Waals surface area contributed by atoms with Gasteiger partial charge in [0.05, 0.1) is 28.5 Å². The van der Waals surface area contributed by atoms with Crippen LogP contribution in [-0.2, 0) is 11.8 Å². The van der Waals surface area contributed by atoms with Gasteiger partial charge in [0.2, 0.25) is 0 Å². The highest BCUT2D eigenvalue weighted by molar-refractivity contribution is 7.22. The third-order valence-electron chi connectivity index (χ3n) is 3.50. The number of fused-ring (bicyclic) bond motifs is 1. The lowest BCUT2D eigenvalue weighted by atomic mass is 10.2. The Balaban J connectivity index is 1.88. The lowest BCUT2D eigenvalue weighted by Gasteiger charge is -2.21. The summed E-state index contributed by atoms with van der Waals surface area (Å²) in [7, 11) is 1.89. The number of imidazole rings is 1. The van der Waals surface area contributed by atoms with Crippen molar-refractivity contribution in [1.29, 1.82) is 0 Å². The summed E-state index contributed by atoms with van der Waals surface area (Å²) in [6.07, 6.45) is 3.02. The molecule has 0 aliphatic rings. The molecule has 8 nitrogen and oxygen atoms in total. The average molecular weight is 375 g/mol. The van der Waals surface area contributed by atoms with E-state index in [0.717, 1.165) is 10.6 Å². The van der Waals surface area contributed by atoms with E-state index in [1.165, 1.54) is 11.3 Å². The molecule has 0 spiro atoms. The van der Waals surface area contributed by atoms with Gasteiger partial charge in [0.25, 0.3) is 5.56 Å². The van der Waals surface area contributed by atoms with Gasteiger partial charge in [0.1, 0.15) is 16.1 Å². The van der Waals surface area contributed by atoms with Crippen molar-refractivity contribution in [2.45, 2.75) is 39.3 Å². The van der Waals surface area contributed by atoms with Gasteiger partial charge in [0, 0.05) is 13.2 Å². The number of hydrogen-bond acceptors (Lipinski definition) is 6. The van der Waals surface area contributed by atoms with E-state index in [2.05, 4.69) is 20.3 Å². The molecule has 1 amide bonds. The zero-order valence-electron chi connectivity index (χ0n) is 15.3. The second-order valence-electron chi connectivity index (χ2n) is 7.07. The molecule has 0 saturated heterocycles. The van der Waals surface area contributed by atoms with Crippen molar-refractivity contribution in [1.82, 2.24) is 24.8 Å². The van der Waals surface area contributed by atoms with Crippen molar-refractivity contribution in [2.24, 2.45) is 7.05 Å². The van der Waals surface area contributed by atoms with Crippen LogP contribution in [-0.4, -0.2) is 31.2 Å². The van der Waals surface area contributed by atoms with Gasteiger partial charge in [-0.2, -0.15) is 0 Å². The van der Waals surface area contributed by atoms with Gasteiger partial charge in [-0.1, -0.05) is 0 Å². The molecule has 0 aliphatic carbocycles. The van der Waals surface area contributed by atoms with E-state index in [-0.39, 0.29) is 5.56 Å². The summed E-state index contributed by atoms with van der Waals surface area (Å²) in [6.45, 7) is 7.09. The lowest BCUT2D eigenvalue weighted by Crippen LogP contribution is -2.35. The van der Waals surface area contributed by atoms with Crippen LogP contribution in [0.15, 0.2) is 23.4 Å². The Kier molecular flexibility index (Phi) is 4.57. The Hall–Kier alpha value is -2.68. The number of carbonyl (C=O) groups excluding carboxylic acids is 1. The van der Waals surface area contributed by atoms with Gasteiger partial charge >= 0.3 is 6.09 Å². The minimum Gasteiger partial charge on any atom is -0.444 e. The summed E-state index contributed by atoms with van der Waals surface area (Å²) in [6, 6.07) is 1.33. The molecule has 0 fully saturated rings. The molecule has 138 valence electrons. The zero-order chi connectivity index (χ0) is 19.1.